The first-order valence-corrected chi connectivity index (χ1v) is 6.29. The van der Waals surface area contributed by atoms with Gasteiger partial charge in [0.15, 0.2) is 6.04 Å². The van der Waals surface area contributed by atoms with Crippen LogP contribution in [0.5, 0.6) is 0 Å². The molecule has 0 aromatic rings. The first-order chi connectivity index (χ1) is 9.11. The topological polar surface area (TPSA) is 116 Å². The fourth-order valence-corrected chi connectivity index (χ4v) is 1.92. The number of carboxylic acid groups (broad SMARTS) is 1. The average Bonchev–Trinajstić information content (AvgIpc) is 2.65. The van der Waals surface area contributed by atoms with Crippen molar-refractivity contribution in [2.45, 2.75) is 44.9 Å². The largest absolute Gasteiger partial charge is 0.480 e. The highest BCUT2D eigenvalue weighted by Gasteiger charge is 2.40. The van der Waals surface area contributed by atoms with E-state index < -0.39 is 35.7 Å². The Labute approximate surface area is 116 Å². The second-order valence-electron chi connectivity index (χ2n) is 5.58. The van der Waals surface area contributed by atoms with Crippen molar-refractivity contribution in [2.75, 3.05) is 13.1 Å². The summed E-state index contributed by atoms with van der Waals surface area (Å²) < 4.78 is 4.96. The van der Waals surface area contributed by atoms with Gasteiger partial charge < -0.3 is 25.2 Å². The summed E-state index contributed by atoms with van der Waals surface area (Å²) in [5.74, 6) is -1.83. The molecule has 20 heavy (non-hydrogen) atoms. The predicted molar refractivity (Wildman–Crippen MR) is 68.0 cm³/mol. The van der Waals surface area contributed by atoms with Crippen molar-refractivity contribution in [3.8, 4) is 0 Å². The Balaban J connectivity index is 2.51. The highest BCUT2D eigenvalue weighted by Crippen LogP contribution is 2.18. The Morgan fingerprint density at radius 2 is 1.95 bits per heavy atom. The summed E-state index contributed by atoms with van der Waals surface area (Å²) in [7, 11) is 0. The summed E-state index contributed by atoms with van der Waals surface area (Å²) in [5, 5.41) is 20.8. The Kier molecular flexibility index (Phi) is 4.93. The van der Waals surface area contributed by atoms with Crippen LogP contribution in [-0.2, 0) is 14.3 Å². The monoisotopic (exact) mass is 288 g/mol. The summed E-state index contributed by atoms with van der Waals surface area (Å²) in [6, 6.07) is -1.26. The third-order valence-corrected chi connectivity index (χ3v) is 2.72. The fourth-order valence-electron chi connectivity index (χ4n) is 1.92. The molecule has 0 saturated carbocycles. The smallest absolute Gasteiger partial charge is 0.408 e. The van der Waals surface area contributed by atoms with Gasteiger partial charge in [-0.1, -0.05) is 0 Å². The molecule has 114 valence electrons. The van der Waals surface area contributed by atoms with Gasteiger partial charge in [-0.2, -0.15) is 0 Å². The highest BCUT2D eigenvalue weighted by atomic mass is 16.6. The molecule has 0 aliphatic carbocycles. The zero-order chi connectivity index (χ0) is 15.5. The van der Waals surface area contributed by atoms with Gasteiger partial charge in [0, 0.05) is 6.54 Å². The molecule has 0 bridgehead atoms. The van der Waals surface area contributed by atoms with Gasteiger partial charge in [0.25, 0.3) is 0 Å². The number of hydrogen-bond donors (Lipinski definition) is 3. The van der Waals surface area contributed by atoms with E-state index >= 15 is 0 Å². The Hall–Kier alpha value is -1.83. The van der Waals surface area contributed by atoms with Gasteiger partial charge in [-0.05, 0) is 27.2 Å². The van der Waals surface area contributed by atoms with Crippen LogP contribution in [-0.4, -0.2) is 63.9 Å². The minimum absolute atomic E-state index is 0.146. The van der Waals surface area contributed by atoms with E-state index in [1.807, 2.05) is 0 Å². The number of likely N-dealkylation sites (tertiary alicyclic amines) is 1. The molecular weight excluding hydrogens is 268 g/mol. The Morgan fingerprint density at radius 1 is 1.35 bits per heavy atom. The lowest BCUT2D eigenvalue weighted by Crippen LogP contribution is -2.48. The quantitative estimate of drug-likeness (QED) is 0.648. The summed E-state index contributed by atoms with van der Waals surface area (Å²) in [5.41, 5.74) is -0.680. The number of carboxylic acids is 1. The van der Waals surface area contributed by atoms with E-state index in [0.29, 0.717) is 0 Å². The number of hydrogen-bond acceptors (Lipinski definition) is 5. The van der Waals surface area contributed by atoms with Crippen LogP contribution in [0, 0.1) is 0 Å². The van der Waals surface area contributed by atoms with Crippen molar-refractivity contribution in [3.63, 3.8) is 0 Å². The molecule has 1 saturated heterocycles. The minimum atomic E-state index is -1.26. The van der Waals surface area contributed by atoms with E-state index in [4.69, 9.17) is 9.84 Å². The molecule has 0 aromatic heterocycles. The van der Waals surface area contributed by atoms with Crippen LogP contribution in [0.2, 0.25) is 0 Å². The maximum Gasteiger partial charge on any atom is 0.408 e. The molecule has 1 aliphatic heterocycles. The number of rotatable bonds is 3. The second-order valence-corrected chi connectivity index (χ2v) is 5.58. The highest BCUT2D eigenvalue weighted by molar-refractivity contribution is 5.87. The van der Waals surface area contributed by atoms with Gasteiger partial charge in [-0.25, -0.2) is 9.59 Å². The van der Waals surface area contributed by atoms with E-state index in [1.54, 1.807) is 20.8 Å². The van der Waals surface area contributed by atoms with Crippen LogP contribution >= 0.6 is 0 Å². The summed E-state index contributed by atoms with van der Waals surface area (Å²) >= 11 is 0. The molecule has 3 N–H and O–H groups in total. The summed E-state index contributed by atoms with van der Waals surface area (Å²) in [6.07, 6.45) is -1.63. The Bertz CT molecular complexity index is 403. The molecule has 0 aromatic carbocycles. The zero-order valence-electron chi connectivity index (χ0n) is 11.8. The number of carbonyl (C=O) groups is 3. The van der Waals surface area contributed by atoms with Crippen molar-refractivity contribution in [3.05, 3.63) is 0 Å². The molecular formula is C12H20N2O6. The normalized spacial score (nSPS) is 22.5. The SMILES string of the molecule is CC(C)(C)OC(=O)NCC(=O)N1CCC(O)[C@H]1C(=O)O. The third-order valence-electron chi connectivity index (χ3n) is 2.72. The Morgan fingerprint density at radius 3 is 2.45 bits per heavy atom. The number of aliphatic hydroxyl groups is 1. The fraction of sp³-hybridized carbons (Fsp3) is 0.750. The maximum absolute atomic E-state index is 11.9. The number of amides is 2. The summed E-state index contributed by atoms with van der Waals surface area (Å²) in [4.78, 5) is 35.3. The van der Waals surface area contributed by atoms with Crippen molar-refractivity contribution in [1.29, 1.82) is 0 Å². The molecule has 1 heterocycles. The summed E-state index contributed by atoms with van der Waals surface area (Å²) in [6.45, 7) is 4.83. The van der Waals surface area contributed by atoms with Gasteiger partial charge in [-0.3, -0.25) is 4.79 Å². The molecule has 0 spiro atoms. The van der Waals surface area contributed by atoms with Gasteiger partial charge in [0.2, 0.25) is 5.91 Å². The van der Waals surface area contributed by atoms with E-state index in [-0.39, 0.29) is 19.5 Å². The average molecular weight is 288 g/mol. The lowest BCUT2D eigenvalue weighted by molar-refractivity contribution is -0.150. The van der Waals surface area contributed by atoms with Crippen molar-refractivity contribution in [2.24, 2.45) is 0 Å². The molecule has 1 aliphatic rings. The number of aliphatic carboxylic acids is 1. The van der Waals surface area contributed by atoms with E-state index in [1.165, 1.54) is 0 Å². The van der Waals surface area contributed by atoms with Crippen LogP contribution in [0.25, 0.3) is 0 Å². The molecule has 2 amide bonds. The number of nitrogens with zero attached hydrogens (tertiary/aromatic N) is 1. The van der Waals surface area contributed by atoms with Gasteiger partial charge in [0.1, 0.15) is 12.1 Å². The molecule has 1 unspecified atom stereocenters. The first-order valence-electron chi connectivity index (χ1n) is 6.29. The van der Waals surface area contributed by atoms with Crippen LogP contribution < -0.4 is 5.32 Å². The van der Waals surface area contributed by atoms with E-state index in [9.17, 15) is 19.5 Å². The number of nitrogens with one attached hydrogen (secondary N) is 1. The molecule has 8 heteroatoms. The van der Waals surface area contributed by atoms with Gasteiger partial charge in [-0.15, -0.1) is 0 Å². The molecule has 1 fully saturated rings. The van der Waals surface area contributed by atoms with Crippen molar-refractivity contribution in [1.82, 2.24) is 10.2 Å². The number of carbonyl (C=O) groups excluding carboxylic acids is 2. The first kappa shape index (κ1) is 16.2. The predicted octanol–water partition coefficient (Wildman–Crippen LogP) is -0.442. The van der Waals surface area contributed by atoms with Crippen molar-refractivity contribution < 1.29 is 29.3 Å². The molecule has 2 atom stereocenters. The second kappa shape index (κ2) is 6.08. The van der Waals surface area contributed by atoms with E-state index in [2.05, 4.69) is 5.32 Å². The van der Waals surface area contributed by atoms with Crippen LogP contribution in [0.4, 0.5) is 4.79 Å². The van der Waals surface area contributed by atoms with Crippen molar-refractivity contribution >= 4 is 18.0 Å². The molecule has 0 radical (unpaired) electrons. The third kappa shape index (κ3) is 4.37. The lowest BCUT2D eigenvalue weighted by atomic mass is 10.2. The van der Waals surface area contributed by atoms with E-state index in [0.717, 1.165) is 4.90 Å². The van der Waals surface area contributed by atoms with Crippen LogP contribution in [0.15, 0.2) is 0 Å². The standard InChI is InChI=1S/C12H20N2O6/c1-12(2,3)20-11(19)13-6-8(16)14-5-4-7(15)9(14)10(17)18/h7,9,15H,4-6H2,1-3H3,(H,13,19)(H,17,18)/t7?,9-/m0/s1. The number of alkyl carbamates (subject to hydrolysis) is 1. The van der Waals surface area contributed by atoms with Gasteiger partial charge in [0.05, 0.1) is 6.10 Å². The van der Waals surface area contributed by atoms with Crippen LogP contribution in [0.1, 0.15) is 27.2 Å². The van der Waals surface area contributed by atoms with Crippen LogP contribution in [0.3, 0.4) is 0 Å². The zero-order valence-corrected chi connectivity index (χ0v) is 11.8. The molecule has 8 nitrogen and oxygen atoms in total. The number of aliphatic hydroxyl groups excluding tert-OH is 1. The minimum Gasteiger partial charge on any atom is -0.480 e. The van der Waals surface area contributed by atoms with Gasteiger partial charge >= 0.3 is 12.1 Å². The maximum atomic E-state index is 11.9. The molecule has 1 rings (SSSR count). The number of ether oxygens (including phenoxy) is 1. The lowest BCUT2D eigenvalue weighted by Gasteiger charge is -2.23.